The van der Waals surface area contributed by atoms with E-state index in [4.69, 9.17) is 5.73 Å². The first-order valence-electron chi connectivity index (χ1n) is 5.28. The van der Waals surface area contributed by atoms with E-state index in [0.717, 1.165) is 22.0 Å². The van der Waals surface area contributed by atoms with Crippen molar-refractivity contribution in [3.8, 4) is 11.1 Å². The van der Waals surface area contributed by atoms with Gasteiger partial charge in [0.05, 0.1) is 10.2 Å². The first-order chi connectivity index (χ1) is 7.61. The SMILES string of the molecule is Cc1cc(-c2ccccc2)c(N)c([Si])c1C. The van der Waals surface area contributed by atoms with Crippen LogP contribution in [0.1, 0.15) is 11.1 Å². The molecule has 0 unspecified atom stereocenters. The average molecular weight is 224 g/mol. The molecule has 16 heavy (non-hydrogen) atoms. The minimum atomic E-state index is 0.811. The van der Waals surface area contributed by atoms with Crippen LogP contribution >= 0.6 is 0 Å². The summed E-state index contributed by atoms with van der Waals surface area (Å²) in [5, 5.41) is 0.999. The van der Waals surface area contributed by atoms with Crippen LogP contribution in [-0.4, -0.2) is 10.2 Å². The van der Waals surface area contributed by atoms with Crippen LogP contribution in [0.15, 0.2) is 36.4 Å². The number of nitrogen functional groups attached to an aromatic ring is 1. The van der Waals surface area contributed by atoms with Crippen molar-refractivity contribution in [1.82, 2.24) is 0 Å². The fourth-order valence-electron chi connectivity index (χ4n) is 1.79. The largest absolute Gasteiger partial charge is 0.398 e. The first-order valence-corrected chi connectivity index (χ1v) is 5.78. The Bertz CT molecular complexity index is 518. The molecule has 0 bridgehead atoms. The summed E-state index contributed by atoms with van der Waals surface area (Å²) in [6.07, 6.45) is 0. The highest BCUT2D eigenvalue weighted by atomic mass is 28.1. The molecule has 0 aliphatic carbocycles. The molecule has 2 aromatic rings. The van der Waals surface area contributed by atoms with E-state index in [0.29, 0.717) is 0 Å². The molecule has 0 aromatic heterocycles. The molecule has 0 saturated heterocycles. The number of nitrogens with two attached hydrogens (primary N) is 1. The lowest BCUT2D eigenvalue weighted by Crippen LogP contribution is -2.16. The Kier molecular flexibility index (Phi) is 2.84. The van der Waals surface area contributed by atoms with Gasteiger partial charge in [0.25, 0.3) is 0 Å². The molecule has 2 N–H and O–H groups in total. The molecule has 1 nitrogen and oxygen atoms in total. The molecule has 2 heteroatoms. The molecular formula is C14H14NSi. The minimum absolute atomic E-state index is 0.811. The molecule has 2 rings (SSSR count). The zero-order valence-electron chi connectivity index (χ0n) is 9.54. The third-order valence-electron chi connectivity index (χ3n) is 2.97. The average Bonchev–Trinajstić information content (AvgIpc) is 2.32. The van der Waals surface area contributed by atoms with Crippen LogP contribution in [0.5, 0.6) is 0 Å². The summed E-state index contributed by atoms with van der Waals surface area (Å²) in [7, 11) is 3.61. The van der Waals surface area contributed by atoms with Crippen molar-refractivity contribution in [3.63, 3.8) is 0 Å². The summed E-state index contributed by atoms with van der Waals surface area (Å²) in [4.78, 5) is 0. The fourth-order valence-corrected chi connectivity index (χ4v) is 2.12. The lowest BCUT2D eigenvalue weighted by molar-refractivity contribution is 1.37. The number of hydrogen-bond acceptors (Lipinski definition) is 1. The highest BCUT2D eigenvalue weighted by molar-refractivity contribution is 6.37. The number of anilines is 1. The van der Waals surface area contributed by atoms with Crippen LogP contribution in [0.2, 0.25) is 0 Å². The summed E-state index contributed by atoms with van der Waals surface area (Å²) in [5.74, 6) is 0. The summed E-state index contributed by atoms with van der Waals surface area (Å²) in [6.45, 7) is 4.17. The van der Waals surface area contributed by atoms with Gasteiger partial charge in [-0.1, -0.05) is 30.3 Å². The molecule has 0 spiro atoms. The summed E-state index contributed by atoms with van der Waals surface area (Å²) < 4.78 is 0. The van der Waals surface area contributed by atoms with E-state index in [1.807, 2.05) is 18.2 Å². The quantitative estimate of drug-likeness (QED) is 0.584. The molecule has 0 atom stereocenters. The van der Waals surface area contributed by atoms with Crippen LogP contribution in [0.25, 0.3) is 11.1 Å². The summed E-state index contributed by atoms with van der Waals surface area (Å²) in [5.41, 5.74) is 11.6. The van der Waals surface area contributed by atoms with Gasteiger partial charge in [-0.25, -0.2) is 0 Å². The van der Waals surface area contributed by atoms with Gasteiger partial charge in [0.2, 0.25) is 0 Å². The molecule has 0 aliphatic rings. The van der Waals surface area contributed by atoms with E-state index >= 15 is 0 Å². The van der Waals surface area contributed by atoms with Crippen molar-refractivity contribution in [3.05, 3.63) is 47.5 Å². The molecule has 0 saturated carbocycles. The summed E-state index contributed by atoms with van der Waals surface area (Å²) >= 11 is 0. The fraction of sp³-hybridized carbons (Fsp3) is 0.143. The monoisotopic (exact) mass is 224 g/mol. The zero-order valence-corrected chi connectivity index (χ0v) is 10.5. The van der Waals surface area contributed by atoms with Crippen molar-refractivity contribution >= 4 is 21.1 Å². The molecule has 0 fully saturated rings. The van der Waals surface area contributed by atoms with Crippen molar-refractivity contribution in [1.29, 1.82) is 0 Å². The van der Waals surface area contributed by atoms with E-state index in [2.05, 4.69) is 42.3 Å². The van der Waals surface area contributed by atoms with Crippen molar-refractivity contribution in [2.45, 2.75) is 13.8 Å². The molecule has 0 amide bonds. The maximum Gasteiger partial charge on any atom is 0.0745 e. The Labute approximate surface area is 99.7 Å². The van der Waals surface area contributed by atoms with Crippen molar-refractivity contribution in [2.24, 2.45) is 0 Å². The van der Waals surface area contributed by atoms with Crippen LogP contribution in [0.3, 0.4) is 0 Å². The normalized spacial score (nSPS) is 10.4. The molecular weight excluding hydrogens is 210 g/mol. The second-order valence-corrected chi connectivity index (χ2v) is 4.52. The molecule has 79 valence electrons. The third-order valence-corrected chi connectivity index (χ3v) is 3.62. The highest BCUT2D eigenvalue weighted by Crippen LogP contribution is 2.26. The van der Waals surface area contributed by atoms with E-state index in [-0.39, 0.29) is 0 Å². The Morgan fingerprint density at radius 3 is 2.31 bits per heavy atom. The van der Waals surface area contributed by atoms with Crippen LogP contribution in [0.4, 0.5) is 5.69 Å². The minimum Gasteiger partial charge on any atom is -0.398 e. The molecule has 0 heterocycles. The van der Waals surface area contributed by atoms with E-state index in [1.54, 1.807) is 0 Å². The van der Waals surface area contributed by atoms with E-state index in [9.17, 15) is 0 Å². The zero-order chi connectivity index (χ0) is 11.7. The first kappa shape index (κ1) is 11.0. The maximum absolute atomic E-state index is 6.14. The van der Waals surface area contributed by atoms with Crippen LogP contribution in [0, 0.1) is 13.8 Å². The van der Waals surface area contributed by atoms with Gasteiger partial charge in [-0.2, -0.15) is 0 Å². The predicted molar refractivity (Wildman–Crippen MR) is 71.2 cm³/mol. The third kappa shape index (κ3) is 1.76. The van der Waals surface area contributed by atoms with Gasteiger partial charge in [-0.15, -0.1) is 0 Å². The Hall–Kier alpha value is -1.54. The lowest BCUT2D eigenvalue weighted by atomic mass is 9.98. The van der Waals surface area contributed by atoms with Gasteiger partial charge in [0.15, 0.2) is 0 Å². The smallest absolute Gasteiger partial charge is 0.0745 e. The number of rotatable bonds is 1. The van der Waals surface area contributed by atoms with Gasteiger partial charge in [-0.3, -0.25) is 0 Å². The van der Waals surface area contributed by atoms with Gasteiger partial charge >= 0.3 is 0 Å². The molecule has 3 radical (unpaired) electrons. The number of benzene rings is 2. The number of aryl methyl sites for hydroxylation is 1. The van der Waals surface area contributed by atoms with Gasteiger partial charge in [-0.05, 0) is 41.8 Å². The maximum atomic E-state index is 6.14. The molecule has 2 aromatic carbocycles. The Balaban J connectivity index is 2.68. The highest BCUT2D eigenvalue weighted by Gasteiger charge is 2.08. The van der Waals surface area contributed by atoms with Gasteiger partial charge in [0, 0.05) is 11.3 Å². The van der Waals surface area contributed by atoms with E-state index < -0.39 is 0 Å². The number of hydrogen-bond donors (Lipinski definition) is 1. The standard InChI is InChI=1S/C14H14NSi/c1-9-8-12(11-6-4-3-5-7-11)13(15)14(16)10(9)2/h3-8H,15H2,1-2H3. The Morgan fingerprint density at radius 1 is 1.06 bits per heavy atom. The van der Waals surface area contributed by atoms with Crippen molar-refractivity contribution < 1.29 is 0 Å². The topological polar surface area (TPSA) is 26.0 Å². The van der Waals surface area contributed by atoms with E-state index in [1.165, 1.54) is 11.1 Å². The van der Waals surface area contributed by atoms with Gasteiger partial charge < -0.3 is 5.73 Å². The predicted octanol–water partition coefficient (Wildman–Crippen LogP) is 2.35. The van der Waals surface area contributed by atoms with Crippen LogP contribution < -0.4 is 10.9 Å². The second-order valence-electron chi connectivity index (χ2n) is 4.02. The van der Waals surface area contributed by atoms with Gasteiger partial charge in [0.1, 0.15) is 0 Å². The second kappa shape index (κ2) is 4.14. The van der Waals surface area contributed by atoms with Crippen LogP contribution in [-0.2, 0) is 0 Å². The lowest BCUT2D eigenvalue weighted by Gasteiger charge is -2.14. The summed E-state index contributed by atoms with van der Waals surface area (Å²) in [6, 6.07) is 12.4. The molecule has 0 aliphatic heterocycles. The Morgan fingerprint density at radius 2 is 1.69 bits per heavy atom. The van der Waals surface area contributed by atoms with Crippen molar-refractivity contribution in [2.75, 3.05) is 5.73 Å².